The molecule has 2 N–H and O–H groups in total. The fraction of sp³-hybridized carbons (Fsp3) is 0.667. The lowest BCUT2D eigenvalue weighted by Crippen LogP contribution is -2.48. The molecule has 2 heterocycles. The Kier molecular flexibility index (Phi) is 5.80. The topological polar surface area (TPSA) is 78.9 Å². The summed E-state index contributed by atoms with van der Waals surface area (Å²) in [5.74, 6) is 0.322. The van der Waals surface area contributed by atoms with Crippen molar-refractivity contribution in [1.82, 2.24) is 9.79 Å². The molecular weight excluding hydrogens is 340 g/mol. The van der Waals surface area contributed by atoms with Crippen molar-refractivity contribution in [2.45, 2.75) is 57.7 Å². The van der Waals surface area contributed by atoms with Gasteiger partial charge in [-0.25, -0.2) is 8.42 Å². The van der Waals surface area contributed by atoms with Crippen molar-refractivity contribution >= 4 is 10.0 Å². The average Bonchev–Trinajstić information content (AvgIpc) is 3.13. The number of hydroxylamine groups is 1. The van der Waals surface area contributed by atoms with Crippen molar-refractivity contribution < 1.29 is 18.4 Å². The number of ether oxygens (including phenoxy) is 1. The van der Waals surface area contributed by atoms with Crippen molar-refractivity contribution in [3.8, 4) is 0 Å². The van der Waals surface area contributed by atoms with E-state index in [2.05, 4.69) is 31.5 Å². The third-order valence-corrected chi connectivity index (χ3v) is 7.12. The molecule has 0 amide bonds. The van der Waals surface area contributed by atoms with Crippen LogP contribution in [-0.2, 0) is 27.7 Å². The molecule has 2 atom stereocenters. The maximum Gasteiger partial charge on any atom is 0.216 e. The van der Waals surface area contributed by atoms with Gasteiger partial charge in [0.15, 0.2) is 0 Å². The van der Waals surface area contributed by atoms with E-state index in [1.165, 1.54) is 15.4 Å². The van der Waals surface area contributed by atoms with Crippen molar-refractivity contribution in [2.24, 2.45) is 0 Å². The molecule has 25 heavy (non-hydrogen) atoms. The van der Waals surface area contributed by atoms with E-state index >= 15 is 0 Å². The summed E-state index contributed by atoms with van der Waals surface area (Å²) in [5.41, 5.74) is 5.76. The van der Waals surface area contributed by atoms with E-state index < -0.39 is 16.1 Å². The van der Waals surface area contributed by atoms with Crippen LogP contribution in [0.1, 0.15) is 49.3 Å². The van der Waals surface area contributed by atoms with Crippen LogP contribution in [0.4, 0.5) is 0 Å². The van der Waals surface area contributed by atoms with Gasteiger partial charge in [-0.1, -0.05) is 32.0 Å². The molecule has 1 aromatic carbocycles. The van der Waals surface area contributed by atoms with Gasteiger partial charge in [-0.15, -0.1) is 0 Å². The molecule has 3 rings (SSSR count). The molecule has 0 bridgehead atoms. The van der Waals surface area contributed by atoms with E-state index in [1.807, 2.05) is 6.07 Å². The molecule has 0 radical (unpaired) electrons. The molecule has 1 saturated heterocycles. The van der Waals surface area contributed by atoms with Crippen LogP contribution in [0.25, 0.3) is 0 Å². The van der Waals surface area contributed by atoms with Gasteiger partial charge >= 0.3 is 0 Å². The van der Waals surface area contributed by atoms with Gasteiger partial charge in [0.05, 0.1) is 17.9 Å². The number of hydrogen-bond donors (Lipinski definition) is 2. The minimum Gasteiger partial charge on any atom is -0.376 e. The van der Waals surface area contributed by atoms with Crippen molar-refractivity contribution in [3.63, 3.8) is 0 Å². The smallest absolute Gasteiger partial charge is 0.216 e. The van der Waals surface area contributed by atoms with Crippen LogP contribution in [-0.4, -0.2) is 49.0 Å². The van der Waals surface area contributed by atoms with Crippen molar-refractivity contribution in [3.05, 3.63) is 34.9 Å². The van der Waals surface area contributed by atoms with Gasteiger partial charge in [-0.05, 0) is 41.9 Å². The van der Waals surface area contributed by atoms with E-state index in [4.69, 9.17) is 4.74 Å². The molecule has 0 saturated carbocycles. The minimum absolute atomic E-state index is 0.145. The number of benzene rings is 1. The molecule has 6 nitrogen and oxygen atoms in total. The summed E-state index contributed by atoms with van der Waals surface area (Å²) in [6, 6.07) is 5.75. The van der Waals surface area contributed by atoms with Gasteiger partial charge < -0.3 is 9.94 Å². The fourth-order valence-electron chi connectivity index (χ4n) is 3.62. The SMILES string of the molecule is CC(C)c1ccc2c(c1)CCN(S(=O)(=O)CC(NO)[C@H]1CCCO1)C2. The first kappa shape index (κ1) is 18.8. The zero-order chi connectivity index (χ0) is 18.0. The zero-order valence-corrected chi connectivity index (χ0v) is 15.8. The number of sulfonamides is 1. The number of nitrogens with zero attached hydrogens (tertiary/aromatic N) is 1. The maximum absolute atomic E-state index is 12.8. The highest BCUT2D eigenvalue weighted by Gasteiger charge is 2.34. The highest BCUT2D eigenvalue weighted by molar-refractivity contribution is 7.89. The zero-order valence-electron chi connectivity index (χ0n) is 14.9. The second-order valence-electron chi connectivity index (χ2n) is 7.33. The number of hydrogen-bond acceptors (Lipinski definition) is 5. The molecule has 1 unspecified atom stereocenters. The highest BCUT2D eigenvalue weighted by atomic mass is 32.2. The molecule has 0 aliphatic carbocycles. The summed E-state index contributed by atoms with van der Waals surface area (Å²) in [4.78, 5) is 0. The Labute approximate surface area is 150 Å². The van der Waals surface area contributed by atoms with E-state index in [0.29, 0.717) is 25.6 Å². The Bertz CT molecular complexity index is 699. The minimum atomic E-state index is -3.47. The molecule has 0 aromatic heterocycles. The number of rotatable bonds is 6. The second-order valence-corrected chi connectivity index (χ2v) is 9.35. The lowest BCUT2D eigenvalue weighted by molar-refractivity contribution is 0.0277. The van der Waals surface area contributed by atoms with Gasteiger partial charge in [0.2, 0.25) is 10.0 Å². The van der Waals surface area contributed by atoms with E-state index in [1.54, 1.807) is 0 Å². The standard InChI is InChI=1S/C18H28N2O4S/c1-13(2)14-5-6-16-11-20(8-7-15(16)10-14)25(22,23)12-17(19-21)18-4-3-9-24-18/h5-6,10,13,17-19,21H,3-4,7-9,11-12H2,1-2H3/t17?,18-/m1/s1. The first-order chi connectivity index (χ1) is 11.9. The predicted molar refractivity (Wildman–Crippen MR) is 96.1 cm³/mol. The third-order valence-electron chi connectivity index (χ3n) is 5.24. The normalized spacial score (nSPS) is 23.0. The van der Waals surface area contributed by atoms with Gasteiger partial charge in [0, 0.05) is 19.7 Å². The Morgan fingerprint density at radius 1 is 1.36 bits per heavy atom. The lowest BCUT2D eigenvalue weighted by Gasteiger charge is -2.31. The van der Waals surface area contributed by atoms with Crippen LogP contribution in [0, 0.1) is 0 Å². The molecule has 140 valence electrons. The number of nitrogens with one attached hydrogen (secondary N) is 1. The number of fused-ring (bicyclic) bond motifs is 1. The molecule has 2 aliphatic rings. The first-order valence-electron chi connectivity index (χ1n) is 9.01. The molecular formula is C18H28N2O4S. The Balaban J connectivity index is 1.71. The summed E-state index contributed by atoms with van der Waals surface area (Å²) in [7, 11) is -3.47. The van der Waals surface area contributed by atoms with Gasteiger partial charge in [0.25, 0.3) is 0 Å². The third kappa shape index (κ3) is 4.23. The van der Waals surface area contributed by atoms with Crippen LogP contribution in [0.5, 0.6) is 0 Å². The van der Waals surface area contributed by atoms with Crippen LogP contribution in [0.2, 0.25) is 0 Å². The average molecular weight is 368 g/mol. The largest absolute Gasteiger partial charge is 0.376 e. The predicted octanol–water partition coefficient (Wildman–Crippen LogP) is 2.02. The van der Waals surface area contributed by atoms with Gasteiger partial charge in [-0.2, -0.15) is 9.79 Å². The molecule has 1 aromatic rings. The van der Waals surface area contributed by atoms with Crippen LogP contribution < -0.4 is 5.48 Å². The van der Waals surface area contributed by atoms with Crippen LogP contribution in [0.3, 0.4) is 0 Å². The maximum atomic E-state index is 12.8. The summed E-state index contributed by atoms with van der Waals surface area (Å²) in [6.45, 7) is 5.83. The van der Waals surface area contributed by atoms with Crippen LogP contribution in [0.15, 0.2) is 18.2 Å². The first-order valence-corrected chi connectivity index (χ1v) is 10.6. The highest BCUT2D eigenvalue weighted by Crippen LogP contribution is 2.26. The Hall–Kier alpha value is -0.990. The molecule has 1 fully saturated rings. The second kappa shape index (κ2) is 7.72. The Morgan fingerprint density at radius 3 is 2.80 bits per heavy atom. The van der Waals surface area contributed by atoms with E-state index in [9.17, 15) is 13.6 Å². The fourth-order valence-corrected chi connectivity index (χ4v) is 5.28. The van der Waals surface area contributed by atoms with E-state index in [0.717, 1.165) is 24.8 Å². The molecule has 0 spiro atoms. The van der Waals surface area contributed by atoms with Crippen LogP contribution >= 0.6 is 0 Å². The van der Waals surface area contributed by atoms with Crippen molar-refractivity contribution in [1.29, 1.82) is 0 Å². The molecule has 7 heteroatoms. The monoisotopic (exact) mass is 368 g/mol. The lowest BCUT2D eigenvalue weighted by atomic mass is 9.94. The Morgan fingerprint density at radius 2 is 2.16 bits per heavy atom. The molecule has 2 aliphatic heterocycles. The summed E-state index contributed by atoms with van der Waals surface area (Å²) >= 11 is 0. The quantitative estimate of drug-likeness (QED) is 0.751. The van der Waals surface area contributed by atoms with Gasteiger partial charge in [-0.3, -0.25) is 0 Å². The summed E-state index contributed by atoms with van der Waals surface area (Å²) in [6.07, 6.45) is 2.16. The van der Waals surface area contributed by atoms with E-state index in [-0.39, 0.29) is 11.9 Å². The van der Waals surface area contributed by atoms with Gasteiger partial charge in [0.1, 0.15) is 0 Å². The summed E-state index contributed by atoms with van der Waals surface area (Å²) in [5, 5.41) is 9.38. The van der Waals surface area contributed by atoms with Crippen molar-refractivity contribution in [2.75, 3.05) is 18.9 Å². The summed E-state index contributed by atoms with van der Waals surface area (Å²) < 4.78 is 32.7.